The van der Waals surface area contributed by atoms with E-state index in [0.29, 0.717) is 24.0 Å². The molecule has 1 fully saturated rings. The van der Waals surface area contributed by atoms with Crippen molar-refractivity contribution in [3.63, 3.8) is 0 Å². The smallest absolute Gasteiger partial charge is 0.243 e. The molecule has 1 aromatic carbocycles. The second-order valence-electron chi connectivity index (χ2n) is 6.26. The second kappa shape index (κ2) is 6.36. The molecule has 1 aliphatic heterocycles. The molecule has 0 saturated carbocycles. The van der Waals surface area contributed by atoms with Gasteiger partial charge >= 0.3 is 0 Å². The Bertz CT molecular complexity index is 783. The molecule has 23 heavy (non-hydrogen) atoms. The van der Waals surface area contributed by atoms with Gasteiger partial charge in [0.2, 0.25) is 10.0 Å². The van der Waals surface area contributed by atoms with Gasteiger partial charge in [-0.2, -0.15) is 15.6 Å². The fourth-order valence-corrected chi connectivity index (χ4v) is 5.40. The largest absolute Gasteiger partial charge is 0.305 e. The summed E-state index contributed by atoms with van der Waals surface area (Å²) in [7, 11) is 0.591. The van der Waals surface area contributed by atoms with Gasteiger partial charge < -0.3 is 4.90 Å². The number of benzene rings is 1. The number of aryl methyl sites for hydroxylation is 1. The third-order valence-electron chi connectivity index (χ3n) is 4.50. The Morgan fingerprint density at radius 2 is 2.00 bits per heavy atom. The van der Waals surface area contributed by atoms with Gasteiger partial charge in [-0.05, 0) is 67.0 Å². The van der Waals surface area contributed by atoms with E-state index in [0.717, 1.165) is 23.1 Å². The highest BCUT2D eigenvalue weighted by atomic mass is 32.2. The van der Waals surface area contributed by atoms with Crippen LogP contribution in [0, 0.1) is 6.92 Å². The van der Waals surface area contributed by atoms with Crippen LogP contribution in [0.25, 0.3) is 11.1 Å². The van der Waals surface area contributed by atoms with Crippen LogP contribution in [0.2, 0.25) is 0 Å². The average Bonchev–Trinajstić information content (AvgIpc) is 3.18. The summed E-state index contributed by atoms with van der Waals surface area (Å²) in [5.74, 6) is 0. The number of sulfonamides is 1. The number of hydrogen-bond acceptors (Lipinski definition) is 4. The summed E-state index contributed by atoms with van der Waals surface area (Å²) in [6.45, 7) is 3.04. The van der Waals surface area contributed by atoms with Crippen LogP contribution in [-0.2, 0) is 10.0 Å². The summed E-state index contributed by atoms with van der Waals surface area (Å²) in [4.78, 5) is 2.53. The van der Waals surface area contributed by atoms with Crippen LogP contribution >= 0.6 is 11.3 Å². The van der Waals surface area contributed by atoms with E-state index in [-0.39, 0.29) is 0 Å². The Labute approximate surface area is 142 Å². The molecule has 0 bridgehead atoms. The van der Waals surface area contributed by atoms with Gasteiger partial charge in [0.1, 0.15) is 0 Å². The lowest BCUT2D eigenvalue weighted by Gasteiger charge is -2.21. The van der Waals surface area contributed by atoms with Crippen LogP contribution in [0.5, 0.6) is 0 Å². The summed E-state index contributed by atoms with van der Waals surface area (Å²) in [5.41, 5.74) is 3.01. The highest BCUT2D eigenvalue weighted by Gasteiger charge is 2.34. The number of nitrogens with zero attached hydrogens (tertiary/aromatic N) is 2. The molecule has 3 rings (SSSR count). The first-order valence-electron chi connectivity index (χ1n) is 7.69. The number of likely N-dealkylation sites (N-methyl/N-ethyl adjacent to an activating group) is 1. The van der Waals surface area contributed by atoms with E-state index in [9.17, 15) is 8.42 Å². The SMILES string of the molecule is Cc1cc(-c2ccsc2)ccc1S(=O)(=O)N1CCC(N(C)C)C1. The zero-order valence-corrected chi connectivity index (χ0v) is 15.3. The lowest BCUT2D eigenvalue weighted by molar-refractivity contribution is 0.302. The van der Waals surface area contributed by atoms with Crippen molar-refractivity contribution in [2.24, 2.45) is 0 Å². The highest BCUT2D eigenvalue weighted by Crippen LogP contribution is 2.29. The first-order valence-corrected chi connectivity index (χ1v) is 10.1. The first-order chi connectivity index (χ1) is 10.9. The van der Waals surface area contributed by atoms with Gasteiger partial charge in [0.15, 0.2) is 0 Å². The molecule has 1 saturated heterocycles. The zero-order valence-electron chi connectivity index (χ0n) is 13.7. The van der Waals surface area contributed by atoms with Gasteiger partial charge in [0.25, 0.3) is 0 Å². The molecular formula is C17H22N2O2S2. The Kier molecular flexibility index (Phi) is 4.60. The molecule has 0 aliphatic carbocycles. The number of thiophene rings is 1. The van der Waals surface area contributed by atoms with E-state index >= 15 is 0 Å². The Balaban J connectivity index is 1.89. The molecular weight excluding hydrogens is 328 g/mol. The van der Waals surface area contributed by atoms with Crippen molar-refractivity contribution >= 4 is 21.4 Å². The quantitative estimate of drug-likeness (QED) is 0.851. The minimum atomic E-state index is -3.41. The monoisotopic (exact) mass is 350 g/mol. The van der Waals surface area contributed by atoms with Gasteiger partial charge in [-0.25, -0.2) is 8.42 Å². The molecule has 0 amide bonds. The standard InChI is InChI=1S/C17H22N2O2S2/c1-13-10-14(15-7-9-22-12-15)4-5-17(13)23(20,21)19-8-6-16(11-19)18(2)3/h4-5,7,9-10,12,16H,6,8,11H2,1-3H3. The van der Waals surface area contributed by atoms with E-state index < -0.39 is 10.0 Å². The van der Waals surface area contributed by atoms with E-state index in [1.807, 2.05) is 38.5 Å². The predicted octanol–water partition coefficient (Wildman–Crippen LogP) is 3.05. The Hall–Kier alpha value is -1.21. The van der Waals surface area contributed by atoms with Crippen LogP contribution in [-0.4, -0.2) is 50.8 Å². The van der Waals surface area contributed by atoms with Crippen molar-refractivity contribution in [3.8, 4) is 11.1 Å². The van der Waals surface area contributed by atoms with E-state index in [2.05, 4.69) is 16.3 Å². The summed E-state index contributed by atoms with van der Waals surface area (Å²) in [6, 6.07) is 7.97. The van der Waals surface area contributed by atoms with E-state index in [4.69, 9.17) is 0 Å². The second-order valence-corrected chi connectivity index (χ2v) is 8.95. The topological polar surface area (TPSA) is 40.6 Å². The summed E-state index contributed by atoms with van der Waals surface area (Å²) in [5, 5.41) is 4.10. The van der Waals surface area contributed by atoms with Crippen LogP contribution in [0.15, 0.2) is 39.9 Å². The molecule has 1 unspecified atom stereocenters. The van der Waals surface area contributed by atoms with Crippen molar-refractivity contribution in [2.75, 3.05) is 27.2 Å². The molecule has 2 heterocycles. The van der Waals surface area contributed by atoms with Crippen molar-refractivity contribution < 1.29 is 8.42 Å². The maximum atomic E-state index is 12.9. The molecule has 2 aromatic rings. The van der Waals surface area contributed by atoms with Crippen molar-refractivity contribution in [2.45, 2.75) is 24.3 Å². The average molecular weight is 351 g/mol. The van der Waals surface area contributed by atoms with E-state index in [1.165, 1.54) is 0 Å². The minimum Gasteiger partial charge on any atom is -0.305 e. The maximum absolute atomic E-state index is 12.9. The third kappa shape index (κ3) is 3.21. The maximum Gasteiger partial charge on any atom is 0.243 e. The summed E-state index contributed by atoms with van der Waals surface area (Å²) < 4.78 is 27.5. The van der Waals surface area contributed by atoms with E-state index in [1.54, 1.807) is 21.7 Å². The Morgan fingerprint density at radius 1 is 1.22 bits per heavy atom. The molecule has 1 aliphatic rings. The first kappa shape index (κ1) is 16.6. The molecule has 0 radical (unpaired) electrons. The minimum absolute atomic E-state index is 0.301. The molecule has 0 spiro atoms. The molecule has 6 heteroatoms. The zero-order chi connectivity index (χ0) is 16.6. The van der Waals surface area contributed by atoms with Gasteiger partial charge in [-0.3, -0.25) is 0 Å². The Morgan fingerprint density at radius 3 is 2.57 bits per heavy atom. The summed E-state index contributed by atoms with van der Waals surface area (Å²) >= 11 is 1.64. The molecule has 0 N–H and O–H groups in total. The lowest BCUT2D eigenvalue weighted by atomic mass is 10.1. The van der Waals surface area contributed by atoms with Crippen molar-refractivity contribution in [3.05, 3.63) is 40.6 Å². The number of rotatable bonds is 4. The lowest BCUT2D eigenvalue weighted by Crippen LogP contribution is -2.34. The molecule has 1 atom stereocenters. The van der Waals surface area contributed by atoms with Gasteiger partial charge in [0.05, 0.1) is 4.90 Å². The fraction of sp³-hybridized carbons (Fsp3) is 0.412. The predicted molar refractivity (Wildman–Crippen MR) is 95.3 cm³/mol. The van der Waals surface area contributed by atoms with Crippen molar-refractivity contribution in [1.82, 2.24) is 9.21 Å². The van der Waals surface area contributed by atoms with Gasteiger partial charge in [-0.1, -0.05) is 12.1 Å². The fourth-order valence-electron chi connectivity index (χ4n) is 3.04. The molecule has 4 nitrogen and oxygen atoms in total. The van der Waals surface area contributed by atoms with Gasteiger partial charge in [-0.15, -0.1) is 0 Å². The highest BCUT2D eigenvalue weighted by molar-refractivity contribution is 7.89. The normalized spacial score (nSPS) is 19.6. The van der Waals surface area contributed by atoms with Crippen LogP contribution in [0.3, 0.4) is 0 Å². The van der Waals surface area contributed by atoms with Crippen LogP contribution < -0.4 is 0 Å². The molecule has 1 aromatic heterocycles. The van der Waals surface area contributed by atoms with Crippen molar-refractivity contribution in [1.29, 1.82) is 0 Å². The van der Waals surface area contributed by atoms with Gasteiger partial charge in [0, 0.05) is 19.1 Å². The molecule has 124 valence electrons. The third-order valence-corrected chi connectivity index (χ3v) is 7.21. The number of hydrogen-bond donors (Lipinski definition) is 0. The summed E-state index contributed by atoms with van der Waals surface area (Å²) in [6.07, 6.45) is 0.887. The van der Waals surface area contributed by atoms with Crippen LogP contribution in [0.4, 0.5) is 0 Å². The van der Waals surface area contributed by atoms with Crippen LogP contribution in [0.1, 0.15) is 12.0 Å².